The monoisotopic (exact) mass is 978 g/mol. The zero-order valence-electron chi connectivity index (χ0n) is 41.2. The number of hydrogen-bond donors (Lipinski definition) is 2. The van der Waals surface area contributed by atoms with Crippen molar-refractivity contribution in [3.63, 3.8) is 0 Å². The first-order valence-electron chi connectivity index (χ1n) is 24.1. The van der Waals surface area contributed by atoms with Crippen molar-refractivity contribution >= 4 is 40.6 Å². The summed E-state index contributed by atoms with van der Waals surface area (Å²) in [5.74, 6) is -4.18. The lowest BCUT2D eigenvalue weighted by Crippen LogP contribution is -2.43. The largest absolute Gasteiger partial charge is 0.466 e. The standard InChI is InChI=1S/C55H58N6O11/c1-7-69-52(63)46-35(4)57-36(5)47(49(46)42-18-12-19-43-50(42)59-72-58-43)54(65)71-31-24-37-20-22-40(23-21-37)55(39-15-9-8-10-16-39)25-28-60(29-26-55)27-13-30-70-53(64)45-34(3)56-33(2)44(51(62)68-6)48(45)38-14-11-17-41(32-38)61(66)67/h8-12,14-23,32,48-49,56-57H,7,13,24-31H2,1-6H3. The number of fused-ring (bicyclic) bond motifs is 1. The van der Waals surface area contributed by atoms with E-state index in [1.165, 1.54) is 36.4 Å². The minimum absolute atomic E-state index is 0.0979. The number of allylic oxidation sites excluding steroid dienone is 4. The molecule has 1 saturated heterocycles. The van der Waals surface area contributed by atoms with Crippen molar-refractivity contribution in [1.82, 2.24) is 25.8 Å². The second-order valence-corrected chi connectivity index (χ2v) is 18.2. The molecular weight excluding hydrogens is 921 g/mol. The molecule has 2 unspecified atom stereocenters. The van der Waals surface area contributed by atoms with Gasteiger partial charge in [-0.1, -0.05) is 78.9 Å². The van der Waals surface area contributed by atoms with Gasteiger partial charge in [0.1, 0.15) is 11.0 Å². The fraction of sp³-hybridized carbons (Fsp3) is 0.345. The normalized spacial score (nSPS) is 18.1. The Bertz CT molecular complexity index is 3020. The van der Waals surface area contributed by atoms with Crippen molar-refractivity contribution in [1.29, 1.82) is 0 Å². The molecular formula is C55H58N6O11. The molecule has 2 N–H and O–H groups in total. The molecule has 3 aliphatic rings. The van der Waals surface area contributed by atoms with E-state index in [9.17, 15) is 29.3 Å². The summed E-state index contributed by atoms with van der Waals surface area (Å²) < 4.78 is 27.4. The number of nitro benzene ring substituents is 1. The van der Waals surface area contributed by atoms with Gasteiger partial charge in [-0.2, -0.15) is 0 Å². The van der Waals surface area contributed by atoms with Crippen LogP contribution in [0.15, 0.2) is 147 Å². The van der Waals surface area contributed by atoms with Crippen LogP contribution in [0.1, 0.15) is 93.5 Å². The first kappa shape index (κ1) is 50.5. The third-order valence-corrected chi connectivity index (χ3v) is 13.9. The Balaban J connectivity index is 0.900. The van der Waals surface area contributed by atoms with Crippen LogP contribution in [0.5, 0.6) is 0 Å². The highest BCUT2D eigenvalue weighted by atomic mass is 16.6. The molecule has 1 fully saturated rings. The van der Waals surface area contributed by atoms with Crippen LogP contribution < -0.4 is 10.6 Å². The van der Waals surface area contributed by atoms with E-state index in [-0.39, 0.29) is 53.2 Å². The molecule has 5 aromatic rings. The lowest BCUT2D eigenvalue weighted by Gasteiger charge is -2.43. The fourth-order valence-electron chi connectivity index (χ4n) is 10.4. The molecule has 17 nitrogen and oxygen atoms in total. The van der Waals surface area contributed by atoms with Gasteiger partial charge in [-0.05, 0) is 111 Å². The summed E-state index contributed by atoms with van der Waals surface area (Å²) in [6, 6.07) is 30.2. The molecule has 72 heavy (non-hydrogen) atoms. The highest BCUT2D eigenvalue weighted by molar-refractivity contribution is 6.02. The van der Waals surface area contributed by atoms with E-state index in [1.807, 2.05) is 6.07 Å². The summed E-state index contributed by atoms with van der Waals surface area (Å²) in [6.45, 7) is 11.4. The smallest absolute Gasteiger partial charge is 0.336 e. The number of benzene rings is 4. The summed E-state index contributed by atoms with van der Waals surface area (Å²) >= 11 is 0. The Labute approximate surface area is 417 Å². The Morgan fingerprint density at radius 3 is 1.92 bits per heavy atom. The Kier molecular flexibility index (Phi) is 15.4. The molecule has 17 heteroatoms. The number of hydrogen-bond acceptors (Lipinski definition) is 16. The Morgan fingerprint density at radius 2 is 1.29 bits per heavy atom. The van der Waals surface area contributed by atoms with E-state index in [0.29, 0.717) is 64.3 Å². The van der Waals surface area contributed by atoms with Gasteiger partial charge in [0.2, 0.25) is 0 Å². The molecule has 8 rings (SSSR count). The van der Waals surface area contributed by atoms with Crippen molar-refractivity contribution in [3.8, 4) is 0 Å². The van der Waals surface area contributed by atoms with Crippen LogP contribution in [0, 0.1) is 10.1 Å². The quantitative estimate of drug-likeness (QED) is 0.0296. The number of non-ortho nitro benzene ring substituents is 1. The van der Waals surface area contributed by atoms with Crippen LogP contribution in [0.3, 0.4) is 0 Å². The number of nitro groups is 1. The number of ether oxygens (including phenoxy) is 4. The van der Waals surface area contributed by atoms with Gasteiger partial charge < -0.3 is 34.5 Å². The van der Waals surface area contributed by atoms with E-state index in [1.54, 1.807) is 58.9 Å². The van der Waals surface area contributed by atoms with Gasteiger partial charge in [-0.3, -0.25) is 10.1 Å². The van der Waals surface area contributed by atoms with E-state index in [4.69, 9.17) is 23.6 Å². The van der Waals surface area contributed by atoms with Crippen molar-refractivity contribution in [2.75, 3.05) is 46.6 Å². The van der Waals surface area contributed by atoms with Crippen molar-refractivity contribution in [2.45, 2.75) is 77.6 Å². The fourth-order valence-corrected chi connectivity index (χ4v) is 10.4. The number of aromatic nitrogens is 2. The number of esters is 4. The van der Waals surface area contributed by atoms with Gasteiger partial charge in [0.15, 0.2) is 0 Å². The molecule has 0 spiro atoms. The van der Waals surface area contributed by atoms with Crippen molar-refractivity contribution < 1.29 is 47.7 Å². The Hall–Kier alpha value is -7.92. The summed E-state index contributed by atoms with van der Waals surface area (Å²) in [5, 5.41) is 26.1. The maximum atomic E-state index is 14.1. The maximum Gasteiger partial charge on any atom is 0.336 e. The topological polar surface area (TPSA) is 215 Å². The summed E-state index contributed by atoms with van der Waals surface area (Å²) in [5.41, 5.74) is 7.85. The molecule has 0 bridgehead atoms. The number of likely N-dealkylation sites (tertiary alicyclic amines) is 1. The first-order chi connectivity index (χ1) is 34.8. The molecule has 374 valence electrons. The van der Waals surface area contributed by atoms with E-state index in [2.05, 4.69) is 74.4 Å². The molecule has 4 heterocycles. The highest BCUT2D eigenvalue weighted by Gasteiger charge is 2.41. The minimum Gasteiger partial charge on any atom is -0.466 e. The van der Waals surface area contributed by atoms with E-state index >= 15 is 0 Å². The predicted octanol–water partition coefficient (Wildman–Crippen LogP) is 8.14. The molecule has 2 atom stereocenters. The second kappa shape index (κ2) is 22.0. The van der Waals surface area contributed by atoms with Gasteiger partial charge in [-0.25, -0.2) is 23.8 Å². The number of nitrogens with zero attached hydrogens (tertiary/aromatic N) is 4. The summed E-state index contributed by atoms with van der Waals surface area (Å²) in [7, 11) is 1.25. The van der Waals surface area contributed by atoms with Crippen molar-refractivity contribution in [2.24, 2.45) is 0 Å². The predicted molar refractivity (Wildman–Crippen MR) is 266 cm³/mol. The van der Waals surface area contributed by atoms with E-state index in [0.717, 1.165) is 31.5 Å². The van der Waals surface area contributed by atoms with Crippen LogP contribution in [0.25, 0.3) is 11.0 Å². The average Bonchev–Trinajstić information content (AvgIpc) is 3.87. The number of rotatable bonds is 17. The maximum absolute atomic E-state index is 14.1. The zero-order valence-corrected chi connectivity index (χ0v) is 41.2. The number of nitrogens with one attached hydrogen (secondary N) is 2. The summed E-state index contributed by atoms with van der Waals surface area (Å²) in [4.78, 5) is 68.0. The molecule has 3 aliphatic heterocycles. The lowest BCUT2D eigenvalue weighted by molar-refractivity contribution is -0.384. The molecule has 0 radical (unpaired) electrons. The molecule has 0 amide bonds. The molecule has 4 aromatic carbocycles. The number of methoxy groups -OCH3 is 1. The molecule has 1 aromatic heterocycles. The van der Waals surface area contributed by atoms with Crippen LogP contribution in [-0.4, -0.2) is 90.6 Å². The number of carbonyl (C=O) groups excluding carboxylic acids is 4. The Morgan fingerprint density at radius 1 is 0.708 bits per heavy atom. The number of dihydropyridines is 2. The van der Waals surface area contributed by atoms with Crippen LogP contribution in [0.2, 0.25) is 0 Å². The van der Waals surface area contributed by atoms with Gasteiger partial charge in [0, 0.05) is 53.3 Å². The SMILES string of the molecule is CCOC(=O)C1=C(C)NC(C)=C(C(=O)OCCc2ccc(C3(c4ccccc4)CCN(CCCOC(=O)C4=C(C)NC(C)=C(C(=O)OC)C4c4cccc([N+](=O)[O-])c4)CC3)cc2)C1c1cccc2nonc12. The highest BCUT2D eigenvalue weighted by Crippen LogP contribution is 2.44. The van der Waals surface area contributed by atoms with Gasteiger partial charge in [-0.15, -0.1) is 0 Å². The third-order valence-electron chi connectivity index (χ3n) is 13.9. The van der Waals surface area contributed by atoms with Gasteiger partial charge >= 0.3 is 23.9 Å². The van der Waals surface area contributed by atoms with Crippen LogP contribution in [-0.2, 0) is 50.0 Å². The summed E-state index contributed by atoms with van der Waals surface area (Å²) in [6.07, 6.45) is 2.72. The number of carbonyl (C=O) groups is 4. The van der Waals surface area contributed by atoms with Crippen LogP contribution in [0.4, 0.5) is 5.69 Å². The minimum atomic E-state index is -0.937. The first-order valence-corrected chi connectivity index (χ1v) is 24.1. The van der Waals surface area contributed by atoms with Gasteiger partial charge in [0.25, 0.3) is 5.69 Å². The van der Waals surface area contributed by atoms with Crippen LogP contribution >= 0.6 is 0 Å². The second-order valence-electron chi connectivity index (χ2n) is 18.2. The van der Waals surface area contributed by atoms with E-state index < -0.39 is 40.6 Å². The van der Waals surface area contributed by atoms with Crippen molar-refractivity contribution in [3.05, 3.63) is 180 Å². The van der Waals surface area contributed by atoms with Gasteiger partial charge in [0.05, 0.1) is 66.0 Å². The average molecular weight is 979 g/mol. The number of piperidine rings is 1. The third kappa shape index (κ3) is 10.3. The lowest BCUT2D eigenvalue weighted by atomic mass is 9.68. The zero-order chi connectivity index (χ0) is 51.1. The molecule has 0 aliphatic carbocycles. The molecule has 0 saturated carbocycles.